The van der Waals surface area contributed by atoms with Gasteiger partial charge in [0.2, 0.25) is 5.91 Å². The zero-order valence-corrected chi connectivity index (χ0v) is 14.5. The Morgan fingerprint density at radius 2 is 1.96 bits per heavy atom. The van der Waals surface area contributed by atoms with Gasteiger partial charge in [-0.05, 0) is 50.9 Å². The number of methoxy groups -OCH3 is 1. The van der Waals surface area contributed by atoms with Crippen LogP contribution < -0.4 is 20.1 Å². The van der Waals surface area contributed by atoms with Gasteiger partial charge >= 0.3 is 0 Å². The van der Waals surface area contributed by atoms with Crippen molar-refractivity contribution in [2.75, 3.05) is 20.2 Å². The van der Waals surface area contributed by atoms with Crippen LogP contribution in [0.25, 0.3) is 0 Å². The number of carbonyl (C=O) groups excluding carboxylic acids is 1. The van der Waals surface area contributed by atoms with Crippen LogP contribution in [0, 0.1) is 11.7 Å². The van der Waals surface area contributed by atoms with Crippen LogP contribution in [-0.2, 0) is 4.79 Å². The molecule has 0 aromatic heterocycles. The number of nitrogens with one attached hydrogen (secondary N) is 2. The number of benzene rings is 1. The predicted octanol–water partition coefficient (Wildman–Crippen LogP) is 2.28. The van der Waals surface area contributed by atoms with Crippen molar-refractivity contribution in [1.29, 1.82) is 0 Å². The Morgan fingerprint density at radius 1 is 1.25 bits per heavy atom. The number of hydrogen-bond acceptors (Lipinski definition) is 4. The molecule has 0 radical (unpaired) electrons. The average Bonchev–Trinajstić information content (AvgIpc) is 2.51. The second-order valence-electron chi connectivity index (χ2n) is 6.24. The standard InChI is InChI=1S/C17H23FN2O3.ClH/c1-22-15-3-2-12(18)10-16(15)23-14-8-11(9-14)17(21)20-13-4-6-19-7-5-13;/h2-3,10-11,13-14,19H,4-9H2,1H3,(H,20,21);1H/t11-,14-;. The first-order valence-corrected chi connectivity index (χ1v) is 8.17. The number of piperidine rings is 1. The summed E-state index contributed by atoms with van der Waals surface area (Å²) in [7, 11) is 1.52. The zero-order chi connectivity index (χ0) is 16.2. The second-order valence-corrected chi connectivity index (χ2v) is 6.24. The zero-order valence-electron chi connectivity index (χ0n) is 13.7. The maximum absolute atomic E-state index is 13.3. The Bertz CT molecular complexity index is 561. The van der Waals surface area contributed by atoms with Gasteiger partial charge in [-0.1, -0.05) is 0 Å². The number of rotatable bonds is 5. The van der Waals surface area contributed by atoms with Gasteiger partial charge in [-0.2, -0.15) is 0 Å². The fourth-order valence-corrected chi connectivity index (χ4v) is 3.08. The third kappa shape index (κ3) is 4.51. The van der Waals surface area contributed by atoms with Gasteiger partial charge in [0, 0.05) is 18.0 Å². The smallest absolute Gasteiger partial charge is 0.223 e. The molecule has 1 heterocycles. The molecular weight excluding hydrogens is 335 g/mol. The van der Waals surface area contributed by atoms with Crippen molar-refractivity contribution in [2.45, 2.75) is 37.8 Å². The summed E-state index contributed by atoms with van der Waals surface area (Å²) in [6.07, 6.45) is 3.24. The Labute approximate surface area is 147 Å². The number of halogens is 2. The maximum atomic E-state index is 13.3. The van der Waals surface area contributed by atoms with E-state index in [0.29, 0.717) is 24.3 Å². The summed E-state index contributed by atoms with van der Waals surface area (Å²) in [6.45, 7) is 1.92. The van der Waals surface area contributed by atoms with E-state index in [4.69, 9.17) is 9.47 Å². The van der Waals surface area contributed by atoms with E-state index in [0.717, 1.165) is 25.9 Å². The molecule has 1 amide bonds. The van der Waals surface area contributed by atoms with Crippen molar-refractivity contribution in [2.24, 2.45) is 5.92 Å². The molecule has 134 valence electrons. The molecule has 1 saturated carbocycles. The Balaban J connectivity index is 0.00000208. The fraction of sp³-hybridized carbons (Fsp3) is 0.588. The summed E-state index contributed by atoms with van der Waals surface area (Å²) in [5, 5.41) is 6.40. The summed E-state index contributed by atoms with van der Waals surface area (Å²) in [4.78, 5) is 12.2. The van der Waals surface area contributed by atoms with Crippen molar-refractivity contribution < 1.29 is 18.7 Å². The monoisotopic (exact) mass is 358 g/mol. The molecule has 2 aliphatic rings. The molecule has 1 saturated heterocycles. The minimum Gasteiger partial charge on any atom is -0.493 e. The van der Waals surface area contributed by atoms with Crippen LogP contribution >= 0.6 is 12.4 Å². The van der Waals surface area contributed by atoms with Gasteiger partial charge in [0.05, 0.1) is 7.11 Å². The molecule has 1 aromatic carbocycles. The first-order chi connectivity index (χ1) is 11.2. The van der Waals surface area contributed by atoms with E-state index in [1.165, 1.54) is 19.2 Å². The minimum atomic E-state index is -0.361. The van der Waals surface area contributed by atoms with Crippen molar-refractivity contribution >= 4 is 18.3 Å². The van der Waals surface area contributed by atoms with E-state index in [1.807, 2.05) is 0 Å². The number of carbonyl (C=O) groups is 1. The molecule has 2 fully saturated rings. The molecule has 1 aliphatic carbocycles. The first-order valence-electron chi connectivity index (χ1n) is 8.17. The molecule has 1 aromatic rings. The van der Waals surface area contributed by atoms with Gasteiger partial charge in [-0.15, -0.1) is 12.4 Å². The quantitative estimate of drug-likeness (QED) is 0.847. The molecule has 0 bridgehead atoms. The van der Waals surface area contributed by atoms with Crippen LogP contribution in [0.4, 0.5) is 4.39 Å². The molecule has 24 heavy (non-hydrogen) atoms. The average molecular weight is 359 g/mol. The van der Waals surface area contributed by atoms with E-state index in [1.54, 1.807) is 6.07 Å². The van der Waals surface area contributed by atoms with Gasteiger partial charge in [-0.3, -0.25) is 4.79 Å². The number of amides is 1. The lowest BCUT2D eigenvalue weighted by atomic mass is 9.81. The largest absolute Gasteiger partial charge is 0.493 e. The highest BCUT2D eigenvalue weighted by Crippen LogP contribution is 2.35. The number of ether oxygens (including phenoxy) is 2. The van der Waals surface area contributed by atoms with Crippen molar-refractivity contribution in [3.8, 4) is 11.5 Å². The lowest BCUT2D eigenvalue weighted by Gasteiger charge is -2.36. The molecule has 2 N–H and O–H groups in total. The van der Waals surface area contributed by atoms with Crippen LogP contribution in [0.5, 0.6) is 11.5 Å². The topological polar surface area (TPSA) is 59.6 Å². The molecular formula is C17H24ClFN2O3. The van der Waals surface area contributed by atoms with E-state index < -0.39 is 0 Å². The van der Waals surface area contributed by atoms with Crippen LogP contribution in [0.3, 0.4) is 0 Å². The predicted molar refractivity (Wildman–Crippen MR) is 91.4 cm³/mol. The Morgan fingerprint density at radius 3 is 2.62 bits per heavy atom. The maximum Gasteiger partial charge on any atom is 0.223 e. The SMILES string of the molecule is COc1ccc(F)cc1O[C@H]1C[C@H](C(=O)NC2CCNCC2)C1.Cl. The van der Waals surface area contributed by atoms with Crippen LogP contribution in [0.15, 0.2) is 18.2 Å². The summed E-state index contributed by atoms with van der Waals surface area (Å²) >= 11 is 0. The number of hydrogen-bond donors (Lipinski definition) is 2. The lowest BCUT2D eigenvalue weighted by molar-refractivity contribution is -0.131. The van der Waals surface area contributed by atoms with Gasteiger partial charge in [-0.25, -0.2) is 4.39 Å². The van der Waals surface area contributed by atoms with Crippen molar-refractivity contribution in [3.63, 3.8) is 0 Å². The third-order valence-corrected chi connectivity index (χ3v) is 4.57. The summed E-state index contributed by atoms with van der Waals surface area (Å²) in [5.41, 5.74) is 0. The van der Waals surface area contributed by atoms with E-state index in [9.17, 15) is 9.18 Å². The first kappa shape index (κ1) is 18.8. The minimum absolute atomic E-state index is 0. The van der Waals surface area contributed by atoms with Gasteiger partial charge in [0.25, 0.3) is 0 Å². The lowest BCUT2D eigenvalue weighted by Crippen LogP contribution is -2.49. The van der Waals surface area contributed by atoms with Crippen LogP contribution in [0.2, 0.25) is 0 Å². The third-order valence-electron chi connectivity index (χ3n) is 4.57. The molecule has 3 rings (SSSR count). The van der Waals surface area contributed by atoms with Gasteiger partial charge in [0.15, 0.2) is 11.5 Å². The molecule has 0 unspecified atom stereocenters. The second kappa shape index (κ2) is 8.53. The van der Waals surface area contributed by atoms with Crippen LogP contribution in [0.1, 0.15) is 25.7 Å². The van der Waals surface area contributed by atoms with Gasteiger partial charge < -0.3 is 20.1 Å². The molecule has 0 spiro atoms. The molecule has 1 aliphatic heterocycles. The highest BCUT2D eigenvalue weighted by Gasteiger charge is 2.37. The van der Waals surface area contributed by atoms with E-state index >= 15 is 0 Å². The van der Waals surface area contributed by atoms with E-state index in [-0.39, 0.29) is 42.2 Å². The van der Waals surface area contributed by atoms with Crippen LogP contribution in [-0.4, -0.2) is 38.3 Å². The Kier molecular flexibility index (Phi) is 6.69. The normalized spacial score (nSPS) is 23.6. The molecule has 5 nitrogen and oxygen atoms in total. The summed E-state index contributed by atoms with van der Waals surface area (Å²) in [6, 6.07) is 4.49. The van der Waals surface area contributed by atoms with Crippen molar-refractivity contribution in [1.82, 2.24) is 10.6 Å². The highest BCUT2D eigenvalue weighted by atomic mass is 35.5. The van der Waals surface area contributed by atoms with Gasteiger partial charge in [0.1, 0.15) is 11.9 Å². The summed E-state index contributed by atoms with van der Waals surface area (Å²) < 4.78 is 24.3. The highest BCUT2D eigenvalue weighted by molar-refractivity contribution is 5.85. The van der Waals surface area contributed by atoms with E-state index in [2.05, 4.69) is 10.6 Å². The van der Waals surface area contributed by atoms with Crippen molar-refractivity contribution in [3.05, 3.63) is 24.0 Å². The Hall–Kier alpha value is -1.53. The molecule has 7 heteroatoms. The fourth-order valence-electron chi connectivity index (χ4n) is 3.08. The molecule has 0 atom stereocenters. The summed E-state index contributed by atoms with van der Waals surface area (Å²) in [5.74, 6) is 0.654.